The maximum Gasteiger partial charge on any atom is 0.248 e. The maximum absolute atomic E-state index is 11.1. The average Bonchev–Trinajstić information content (AvgIpc) is 3.12. The molecular formula is C14H21N3O. The maximum atomic E-state index is 11.1. The summed E-state index contributed by atoms with van der Waals surface area (Å²) in [5, 5.41) is 6.83. The lowest BCUT2D eigenvalue weighted by molar-refractivity contribution is 0.1000. The van der Waals surface area contributed by atoms with Gasteiger partial charge in [-0.3, -0.25) is 4.79 Å². The van der Waals surface area contributed by atoms with Crippen LogP contribution in [0.1, 0.15) is 35.2 Å². The zero-order chi connectivity index (χ0) is 13.0. The molecule has 4 N–H and O–H groups in total. The molecule has 0 aromatic heterocycles. The zero-order valence-corrected chi connectivity index (χ0v) is 10.8. The first-order chi connectivity index (χ1) is 8.66. The topological polar surface area (TPSA) is 67.2 Å². The predicted octanol–water partition coefficient (Wildman–Crippen LogP) is 1.65. The third kappa shape index (κ3) is 3.74. The highest BCUT2D eigenvalue weighted by atomic mass is 16.1. The Labute approximate surface area is 108 Å². The van der Waals surface area contributed by atoms with Crippen molar-refractivity contribution < 1.29 is 4.79 Å². The molecule has 1 aliphatic rings. The molecule has 1 amide bonds. The van der Waals surface area contributed by atoms with E-state index in [2.05, 4.69) is 10.6 Å². The van der Waals surface area contributed by atoms with Crippen LogP contribution in [0, 0.1) is 6.92 Å². The van der Waals surface area contributed by atoms with Crippen molar-refractivity contribution in [2.75, 3.05) is 18.4 Å². The van der Waals surface area contributed by atoms with Gasteiger partial charge in [-0.2, -0.15) is 0 Å². The minimum absolute atomic E-state index is 0.368. The van der Waals surface area contributed by atoms with Gasteiger partial charge in [0.05, 0.1) is 0 Å². The standard InChI is InChI=1S/C14H21N3O/c1-10-9-12(5-6-13(10)14(15)18)17-8-2-7-16-11-3-4-11/h5-6,9,11,16-17H,2-4,7-8H2,1H3,(H2,15,18). The molecule has 0 aliphatic heterocycles. The molecule has 1 aromatic rings. The minimum atomic E-state index is -0.368. The molecule has 98 valence electrons. The monoisotopic (exact) mass is 247 g/mol. The number of aryl methyl sites for hydroxylation is 1. The van der Waals surface area contributed by atoms with Crippen molar-refractivity contribution in [2.45, 2.75) is 32.2 Å². The van der Waals surface area contributed by atoms with Crippen LogP contribution in [0.5, 0.6) is 0 Å². The molecule has 1 aromatic carbocycles. The van der Waals surface area contributed by atoms with E-state index in [1.807, 2.05) is 19.1 Å². The lowest BCUT2D eigenvalue weighted by atomic mass is 10.1. The van der Waals surface area contributed by atoms with Crippen LogP contribution in [-0.4, -0.2) is 25.0 Å². The van der Waals surface area contributed by atoms with Crippen LogP contribution in [0.15, 0.2) is 18.2 Å². The van der Waals surface area contributed by atoms with Crippen LogP contribution < -0.4 is 16.4 Å². The number of hydrogen-bond acceptors (Lipinski definition) is 3. The number of nitrogens with two attached hydrogens (primary N) is 1. The molecule has 1 saturated carbocycles. The summed E-state index contributed by atoms with van der Waals surface area (Å²) in [5.74, 6) is -0.368. The summed E-state index contributed by atoms with van der Waals surface area (Å²) >= 11 is 0. The van der Waals surface area contributed by atoms with E-state index < -0.39 is 0 Å². The zero-order valence-electron chi connectivity index (χ0n) is 10.8. The van der Waals surface area contributed by atoms with E-state index in [4.69, 9.17) is 5.73 Å². The highest BCUT2D eigenvalue weighted by Gasteiger charge is 2.19. The number of anilines is 1. The molecule has 4 heteroatoms. The SMILES string of the molecule is Cc1cc(NCCCNC2CC2)ccc1C(N)=O. The van der Waals surface area contributed by atoms with E-state index in [1.54, 1.807) is 6.07 Å². The molecule has 4 nitrogen and oxygen atoms in total. The van der Waals surface area contributed by atoms with E-state index in [9.17, 15) is 4.79 Å². The lowest BCUT2D eigenvalue weighted by Gasteiger charge is -2.09. The first-order valence-electron chi connectivity index (χ1n) is 6.54. The van der Waals surface area contributed by atoms with E-state index >= 15 is 0 Å². The number of rotatable bonds is 7. The first-order valence-corrected chi connectivity index (χ1v) is 6.54. The molecule has 0 atom stereocenters. The highest BCUT2D eigenvalue weighted by Crippen LogP contribution is 2.18. The van der Waals surface area contributed by atoms with Crippen molar-refractivity contribution in [3.63, 3.8) is 0 Å². The molecule has 2 rings (SSSR count). The van der Waals surface area contributed by atoms with Crippen LogP contribution >= 0.6 is 0 Å². The van der Waals surface area contributed by atoms with Gasteiger partial charge in [-0.1, -0.05) is 0 Å². The number of carbonyl (C=O) groups is 1. The Balaban J connectivity index is 1.74. The van der Waals surface area contributed by atoms with Crippen molar-refractivity contribution in [2.24, 2.45) is 5.73 Å². The molecule has 0 heterocycles. The van der Waals surface area contributed by atoms with Gasteiger partial charge in [0.25, 0.3) is 0 Å². The molecule has 0 bridgehead atoms. The summed E-state index contributed by atoms with van der Waals surface area (Å²) < 4.78 is 0. The van der Waals surface area contributed by atoms with Crippen molar-refractivity contribution >= 4 is 11.6 Å². The Morgan fingerprint density at radius 3 is 2.78 bits per heavy atom. The Morgan fingerprint density at radius 1 is 1.39 bits per heavy atom. The van der Waals surface area contributed by atoms with Gasteiger partial charge >= 0.3 is 0 Å². The number of primary amides is 1. The molecule has 0 unspecified atom stereocenters. The summed E-state index contributed by atoms with van der Waals surface area (Å²) in [6.45, 7) is 3.91. The van der Waals surface area contributed by atoms with Crippen molar-refractivity contribution in [3.05, 3.63) is 29.3 Å². The van der Waals surface area contributed by atoms with E-state index in [1.165, 1.54) is 12.8 Å². The normalized spacial score (nSPS) is 14.5. The number of hydrogen-bond donors (Lipinski definition) is 3. The molecular weight excluding hydrogens is 226 g/mol. The Hall–Kier alpha value is -1.55. The second-order valence-corrected chi connectivity index (χ2v) is 4.90. The third-order valence-electron chi connectivity index (χ3n) is 3.18. The molecule has 18 heavy (non-hydrogen) atoms. The molecule has 1 fully saturated rings. The Morgan fingerprint density at radius 2 is 2.17 bits per heavy atom. The number of amides is 1. The van der Waals surface area contributed by atoms with Gasteiger partial charge in [-0.15, -0.1) is 0 Å². The predicted molar refractivity (Wildman–Crippen MR) is 73.8 cm³/mol. The quantitative estimate of drug-likeness (QED) is 0.642. The van der Waals surface area contributed by atoms with Crippen LogP contribution in [0.2, 0.25) is 0 Å². The summed E-state index contributed by atoms with van der Waals surface area (Å²) in [4.78, 5) is 11.1. The smallest absolute Gasteiger partial charge is 0.248 e. The molecule has 1 aliphatic carbocycles. The van der Waals surface area contributed by atoms with E-state index in [0.717, 1.165) is 36.8 Å². The molecule has 0 saturated heterocycles. The van der Waals surface area contributed by atoms with Gasteiger partial charge in [-0.05, 0) is 56.5 Å². The fourth-order valence-corrected chi connectivity index (χ4v) is 1.96. The lowest BCUT2D eigenvalue weighted by Crippen LogP contribution is -2.20. The van der Waals surface area contributed by atoms with E-state index in [0.29, 0.717) is 5.56 Å². The Kier molecular flexibility index (Phi) is 4.20. The highest BCUT2D eigenvalue weighted by molar-refractivity contribution is 5.94. The van der Waals surface area contributed by atoms with Crippen LogP contribution in [0.3, 0.4) is 0 Å². The summed E-state index contributed by atoms with van der Waals surface area (Å²) in [5.41, 5.74) is 7.83. The van der Waals surface area contributed by atoms with Crippen LogP contribution in [0.4, 0.5) is 5.69 Å². The molecule has 0 spiro atoms. The fourth-order valence-electron chi connectivity index (χ4n) is 1.96. The largest absolute Gasteiger partial charge is 0.385 e. The number of carbonyl (C=O) groups excluding carboxylic acids is 1. The number of nitrogens with one attached hydrogen (secondary N) is 2. The summed E-state index contributed by atoms with van der Waals surface area (Å²) in [6, 6.07) is 6.43. The fraction of sp³-hybridized carbons (Fsp3) is 0.500. The average molecular weight is 247 g/mol. The van der Waals surface area contributed by atoms with E-state index in [-0.39, 0.29) is 5.91 Å². The second-order valence-electron chi connectivity index (χ2n) is 4.90. The van der Waals surface area contributed by atoms with Gasteiger partial charge in [0.15, 0.2) is 0 Å². The van der Waals surface area contributed by atoms with Crippen molar-refractivity contribution in [3.8, 4) is 0 Å². The number of benzene rings is 1. The second kappa shape index (κ2) is 5.87. The Bertz CT molecular complexity index is 427. The summed E-state index contributed by atoms with van der Waals surface area (Å²) in [7, 11) is 0. The first kappa shape index (κ1) is 12.9. The van der Waals surface area contributed by atoms with Gasteiger partial charge < -0.3 is 16.4 Å². The van der Waals surface area contributed by atoms with Crippen LogP contribution in [0.25, 0.3) is 0 Å². The van der Waals surface area contributed by atoms with Crippen molar-refractivity contribution in [1.82, 2.24) is 5.32 Å². The summed E-state index contributed by atoms with van der Waals surface area (Å²) in [6.07, 6.45) is 3.77. The third-order valence-corrected chi connectivity index (χ3v) is 3.18. The minimum Gasteiger partial charge on any atom is -0.385 e. The molecule has 0 radical (unpaired) electrons. The van der Waals surface area contributed by atoms with Crippen molar-refractivity contribution in [1.29, 1.82) is 0 Å². The van der Waals surface area contributed by atoms with Gasteiger partial charge in [0, 0.05) is 23.8 Å². The van der Waals surface area contributed by atoms with Crippen LogP contribution in [-0.2, 0) is 0 Å². The van der Waals surface area contributed by atoms with Gasteiger partial charge in [0.2, 0.25) is 5.91 Å². The van der Waals surface area contributed by atoms with Gasteiger partial charge in [-0.25, -0.2) is 0 Å². The van der Waals surface area contributed by atoms with Gasteiger partial charge in [0.1, 0.15) is 0 Å².